The van der Waals surface area contributed by atoms with Gasteiger partial charge in [-0.15, -0.1) is 0 Å². The van der Waals surface area contributed by atoms with Crippen LogP contribution in [0.3, 0.4) is 0 Å². The smallest absolute Gasteiger partial charge is 0.0270 e. The zero-order valence-corrected chi connectivity index (χ0v) is 10.4. The molecule has 0 N–H and O–H groups in total. The molecule has 0 spiro atoms. The molecular weight excluding hydrogens is 194 g/mol. The zero-order chi connectivity index (χ0) is 11.2. The van der Waals surface area contributed by atoms with Crippen molar-refractivity contribution in [2.75, 3.05) is 0 Å². The largest absolute Gasteiger partial charge is 0.265 e. The minimum absolute atomic E-state index is 0.699. The molecule has 0 bridgehead atoms. The second-order valence-corrected chi connectivity index (χ2v) is 5.26. The molecule has 1 aromatic heterocycles. The highest BCUT2D eigenvalue weighted by molar-refractivity contribution is 5.14. The van der Waals surface area contributed by atoms with Crippen molar-refractivity contribution < 1.29 is 0 Å². The number of nitrogens with zero attached hydrogens (tertiary/aromatic N) is 1. The van der Waals surface area contributed by atoms with Crippen molar-refractivity contribution in [3.63, 3.8) is 0 Å². The standard InChI is InChI=1S/C15H23N/c1-13(15-9-11-16-12-10-15)7-8-14-5-3-2-4-6-14/h9-14H,2-8H2,1H3. The summed E-state index contributed by atoms with van der Waals surface area (Å²) < 4.78 is 0. The topological polar surface area (TPSA) is 12.9 Å². The fraction of sp³-hybridized carbons (Fsp3) is 0.667. The molecule has 1 atom stereocenters. The van der Waals surface area contributed by atoms with Crippen LogP contribution in [0.25, 0.3) is 0 Å². The van der Waals surface area contributed by atoms with Crippen LogP contribution < -0.4 is 0 Å². The first kappa shape index (κ1) is 11.6. The minimum atomic E-state index is 0.699. The Morgan fingerprint density at radius 2 is 1.88 bits per heavy atom. The van der Waals surface area contributed by atoms with E-state index in [9.17, 15) is 0 Å². The van der Waals surface area contributed by atoms with Gasteiger partial charge in [-0.2, -0.15) is 0 Å². The Morgan fingerprint density at radius 3 is 2.56 bits per heavy atom. The van der Waals surface area contributed by atoms with Crippen molar-refractivity contribution in [3.05, 3.63) is 30.1 Å². The third-order valence-corrected chi connectivity index (χ3v) is 4.01. The van der Waals surface area contributed by atoms with Crippen molar-refractivity contribution in [1.29, 1.82) is 0 Å². The van der Waals surface area contributed by atoms with Crippen molar-refractivity contribution in [3.8, 4) is 0 Å². The van der Waals surface area contributed by atoms with Gasteiger partial charge in [-0.05, 0) is 42.4 Å². The summed E-state index contributed by atoms with van der Waals surface area (Å²) in [5.41, 5.74) is 1.45. The van der Waals surface area contributed by atoms with E-state index in [1.807, 2.05) is 12.4 Å². The Morgan fingerprint density at radius 1 is 1.19 bits per heavy atom. The Balaban J connectivity index is 1.77. The van der Waals surface area contributed by atoms with Gasteiger partial charge in [-0.1, -0.05) is 39.0 Å². The molecule has 1 aromatic rings. The molecule has 1 saturated carbocycles. The normalized spacial score (nSPS) is 19.6. The minimum Gasteiger partial charge on any atom is -0.265 e. The lowest BCUT2D eigenvalue weighted by Gasteiger charge is -2.23. The van der Waals surface area contributed by atoms with Gasteiger partial charge in [0.15, 0.2) is 0 Å². The number of rotatable bonds is 4. The highest BCUT2D eigenvalue weighted by atomic mass is 14.6. The second kappa shape index (κ2) is 6.03. The van der Waals surface area contributed by atoms with Gasteiger partial charge in [0.25, 0.3) is 0 Å². The molecule has 1 aliphatic rings. The van der Waals surface area contributed by atoms with Gasteiger partial charge in [-0.25, -0.2) is 0 Å². The van der Waals surface area contributed by atoms with Gasteiger partial charge in [-0.3, -0.25) is 4.98 Å². The monoisotopic (exact) mass is 217 g/mol. The molecule has 1 nitrogen and oxygen atoms in total. The summed E-state index contributed by atoms with van der Waals surface area (Å²) in [7, 11) is 0. The molecule has 1 unspecified atom stereocenters. The number of aromatic nitrogens is 1. The Kier molecular flexibility index (Phi) is 4.38. The van der Waals surface area contributed by atoms with Crippen LogP contribution >= 0.6 is 0 Å². The first-order valence-corrected chi connectivity index (χ1v) is 6.76. The van der Waals surface area contributed by atoms with Gasteiger partial charge in [0.2, 0.25) is 0 Å². The quantitative estimate of drug-likeness (QED) is 0.721. The van der Waals surface area contributed by atoms with Crippen molar-refractivity contribution >= 4 is 0 Å². The van der Waals surface area contributed by atoms with Crippen LogP contribution in [0.4, 0.5) is 0 Å². The van der Waals surface area contributed by atoms with E-state index >= 15 is 0 Å². The Labute approximate surface area is 99.3 Å². The molecule has 0 radical (unpaired) electrons. The SMILES string of the molecule is CC(CCC1CCCCC1)c1ccncc1. The summed E-state index contributed by atoms with van der Waals surface area (Å²) in [6, 6.07) is 4.32. The lowest BCUT2D eigenvalue weighted by molar-refractivity contribution is 0.325. The van der Waals surface area contributed by atoms with E-state index in [1.165, 1.54) is 50.5 Å². The van der Waals surface area contributed by atoms with Gasteiger partial charge in [0.05, 0.1) is 0 Å². The van der Waals surface area contributed by atoms with E-state index < -0.39 is 0 Å². The van der Waals surface area contributed by atoms with Gasteiger partial charge >= 0.3 is 0 Å². The molecule has 0 saturated heterocycles. The maximum absolute atomic E-state index is 4.08. The number of hydrogen-bond donors (Lipinski definition) is 0. The summed E-state index contributed by atoms with van der Waals surface area (Å²) >= 11 is 0. The van der Waals surface area contributed by atoms with E-state index in [0.29, 0.717) is 5.92 Å². The van der Waals surface area contributed by atoms with Gasteiger partial charge < -0.3 is 0 Å². The molecule has 1 fully saturated rings. The molecule has 1 heterocycles. The molecule has 0 aliphatic heterocycles. The van der Waals surface area contributed by atoms with Crippen molar-refractivity contribution in [1.82, 2.24) is 4.98 Å². The summed E-state index contributed by atoms with van der Waals surface area (Å²) in [5.74, 6) is 1.71. The molecule has 0 amide bonds. The van der Waals surface area contributed by atoms with E-state index in [2.05, 4.69) is 24.0 Å². The maximum atomic E-state index is 4.08. The highest BCUT2D eigenvalue weighted by Crippen LogP contribution is 2.30. The number of hydrogen-bond acceptors (Lipinski definition) is 1. The Bertz CT molecular complexity index is 288. The van der Waals surface area contributed by atoms with Crippen LogP contribution in [0, 0.1) is 5.92 Å². The second-order valence-electron chi connectivity index (χ2n) is 5.26. The predicted octanol–water partition coefficient (Wildman–Crippen LogP) is 4.55. The molecule has 2 rings (SSSR count). The fourth-order valence-corrected chi connectivity index (χ4v) is 2.82. The molecule has 0 aromatic carbocycles. The molecule has 88 valence electrons. The van der Waals surface area contributed by atoms with Crippen LogP contribution in [0.2, 0.25) is 0 Å². The highest BCUT2D eigenvalue weighted by Gasteiger charge is 2.14. The maximum Gasteiger partial charge on any atom is 0.0270 e. The predicted molar refractivity (Wildman–Crippen MR) is 68.5 cm³/mol. The van der Waals surface area contributed by atoms with E-state index in [-0.39, 0.29) is 0 Å². The van der Waals surface area contributed by atoms with Gasteiger partial charge in [0, 0.05) is 12.4 Å². The fourth-order valence-electron chi connectivity index (χ4n) is 2.82. The van der Waals surface area contributed by atoms with Crippen molar-refractivity contribution in [2.24, 2.45) is 5.92 Å². The summed E-state index contributed by atoms with van der Waals surface area (Å²) in [6.45, 7) is 2.35. The van der Waals surface area contributed by atoms with E-state index in [1.54, 1.807) is 0 Å². The molecule has 16 heavy (non-hydrogen) atoms. The number of pyridine rings is 1. The van der Waals surface area contributed by atoms with E-state index in [4.69, 9.17) is 0 Å². The molecule has 1 aliphatic carbocycles. The third kappa shape index (κ3) is 3.33. The average Bonchev–Trinajstić information content (AvgIpc) is 2.38. The van der Waals surface area contributed by atoms with Crippen LogP contribution in [0.15, 0.2) is 24.5 Å². The van der Waals surface area contributed by atoms with Crippen LogP contribution in [-0.2, 0) is 0 Å². The molecular formula is C15H23N. The lowest BCUT2D eigenvalue weighted by Crippen LogP contribution is -2.07. The van der Waals surface area contributed by atoms with Crippen LogP contribution in [0.1, 0.15) is 63.4 Å². The first-order valence-electron chi connectivity index (χ1n) is 6.76. The van der Waals surface area contributed by atoms with Crippen LogP contribution in [-0.4, -0.2) is 4.98 Å². The molecule has 1 heteroatoms. The zero-order valence-electron chi connectivity index (χ0n) is 10.4. The third-order valence-electron chi connectivity index (χ3n) is 4.01. The Hall–Kier alpha value is -0.850. The van der Waals surface area contributed by atoms with E-state index in [0.717, 1.165) is 5.92 Å². The summed E-state index contributed by atoms with van der Waals surface area (Å²) in [6.07, 6.45) is 13.9. The van der Waals surface area contributed by atoms with Crippen molar-refractivity contribution in [2.45, 2.75) is 57.8 Å². The van der Waals surface area contributed by atoms with Gasteiger partial charge in [0.1, 0.15) is 0 Å². The summed E-state index contributed by atoms with van der Waals surface area (Å²) in [5, 5.41) is 0. The first-order chi connectivity index (χ1) is 7.86. The average molecular weight is 217 g/mol. The lowest BCUT2D eigenvalue weighted by atomic mass is 9.83. The summed E-state index contributed by atoms with van der Waals surface area (Å²) in [4.78, 5) is 4.08. The van der Waals surface area contributed by atoms with Crippen LogP contribution in [0.5, 0.6) is 0 Å².